The summed E-state index contributed by atoms with van der Waals surface area (Å²) >= 11 is 0. The summed E-state index contributed by atoms with van der Waals surface area (Å²) in [7, 11) is 1.30. The van der Waals surface area contributed by atoms with Gasteiger partial charge in [0.25, 0.3) is 0 Å². The normalized spacial score (nSPS) is 11.7. The van der Waals surface area contributed by atoms with Crippen molar-refractivity contribution in [2.75, 3.05) is 7.11 Å². The lowest BCUT2D eigenvalue weighted by molar-refractivity contribution is 0.0592. The molecule has 1 heterocycles. The van der Waals surface area contributed by atoms with E-state index in [0.717, 1.165) is 31.2 Å². The summed E-state index contributed by atoms with van der Waals surface area (Å²) in [6.45, 7) is 3.99. The lowest BCUT2D eigenvalue weighted by Gasteiger charge is -2.17. The molecule has 1 amide bonds. The zero-order valence-electron chi connectivity index (χ0n) is 16.7. The molecular weight excluding hydrogens is 360 g/mol. The molecule has 2 rings (SSSR count). The number of alkyl carbamates (subject to hydrolysis) is 1. The number of nitrogens with one attached hydrogen (secondary N) is 1. The third kappa shape index (κ3) is 6.72. The molecule has 0 saturated carbocycles. The summed E-state index contributed by atoms with van der Waals surface area (Å²) in [6.07, 6.45) is 3.77. The highest BCUT2D eigenvalue weighted by atomic mass is 16.5. The van der Waals surface area contributed by atoms with Gasteiger partial charge >= 0.3 is 12.1 Å². The highest BCUT2D eigenvalue weighted by molar-refractivity contribution is 5.88. The topological polar surface area (TPSA) is 90.7 Å². The Kier molecular flexibility index (Phi) is 8.52. The lowest BCUT2D eigenvalue weighted by atomic mass is 10.1. The van der Waals surface area contributed by atoms with Crippen LogP contribution in [0.25, 0.3) is 0 Å². The first-order chi connectivity index (χ1) is 13.5. The van der Waals surface area contributed by atoms with Crippen LogP contribution in [0, 0.1) is 6.92 Å². The Hall–Kier alpha value is -2.83. The molecule has 7 heteroatoms. The predicted molar refractivity (Wildman–Crippen MR) is 104 cm³/mol. The number of hydrogen-bond acceptors (Lipinski definition) is 6. The fourth-order valence-corrected chi connectivity index (χ4v) is 2.83. The summed E-state index contributed by atoms with van der Waals surface area (Å²) < 4.78 is 15.6. The van der Waals surface area contributed by atoms with Crippen molar-refractivity contribution in [1.29, 1.82) is 0 Å². The average molecular weight is 388 g/mol. The summed E-state index contributed by atoms with van der Waals surface area (Å²) in [5.41, 5.74) is 1.09. The Morgan fingerprint density at radius 3 is 2.64 bits per heavy atom. The second kappa shape index (κ2) is 11.1. The van der Waals surface area contributed by atoms with Gasteiger partial charge in [-0.3, -0.25) is 0 Å². The van der Waals surface area contributed by atoms with Gasteiger partial charge in [-0.1, -0.05) is 56.5 Å². The Balaban J connectivity index is 1.96. The van der Waals surface area contributed by atoms with E-state index in [4.69, 9.17) is 13.9 Å². The molecule has 0 aliphatic carbocycles. The van der Waals surface area contributed by atoms with Crippen LogP contribution in [-0.2, 0) is 22.5 Å². The van der Waals surface area contributed by atoms with E-state index in [1.807, 2.05) is 30.3 Å². The van der Waals surface area contributed by atoms with Crippen LogP contribution in [0.4, 0.5) is 4.79 Å². The predicted octanol–water partition coefficient (Wildman–Crippen LogP) is 4.19. The summed E-state index contributed by atoms with van der Waals surface area (Å²) in [4.78, 5) is 28.1. The van der Waals surface area contributed by atoms with Crippen LogP contribution in [0.2, 0.25) is 0 Å². The third-order valence-corrected chi connectivity index (χ3v) is 4.33. The van der Waals surface area contributed by atoms with Gasteiger partial charge in [0.1, 0.15) is 12.4 Å². The molecule has 0 spiro atoms. The number of ether oxygens (including phenoxy) is 2. The van der Waals surface area contributed by atoms with Crippen molar-refractivity contribution < 1.29 is 23.5 Å². The maximum atomic E-state index is 12.2. The molecule has 0 fully saturated rings. The first-order valence-electron chi connectivity index (χ1n) is 9.55. The fraction of sp³-hybridized carbons (Fsp3) is 0.476. The molecule has 0 bridgehead atoms. The standard InChI is InChI=1S/C21H28N2O5/c1-4-5-7-12-17(13-18-23-19(15(2)28-18)20(24)26-3)22-21(25)27-14-16-10-8-6-9-11-16/h6,8-11,17H,4-5,7,12-14H2,1-3H3,(H,22,25). The molecule has 1 N–H and O–H groups in total. The van der Waals surface area contributed by atoms with E-state index < -0.39 is 12.1 Å². The second-order valence-electron chi connectivity index (χ2n) is 6.61. The number of amides is 1. The first-order valence-corrected chi connectivity index (χ1v) is 9.55. The smallest absolute Gasteiger partial charge is 0.407 e. The van der Waals surface area contributed by atoms with Gasteiger partial charge in [-0.25, -0.2) is 14.6 Å². The van der Waals surface area contributed by atoms with E-state index in [1.54, 1.807) is 6.92 Å². The van der Waals surface area contributed by atoms with Gasteiger partial charge in [0.15, 0.2) is 11.6 Å². The summed E-state index contributed by atoms with van der Waals surface area (Å²) in [5.74, 6) is 0.258. The Labute approximate surface area is 165 Å². The van der Waals surface area contributed by atoms with Crippen molar-refractivity contribution in [1.82, 2.24) is 10.3 Å². The lowest BCUT2D eigenvalue weighted by Crippen LogP contribution is -2.37. The fourth-order valence-electron chi connectivity index (χ4n) is 2.83. The first kappa shape index (κ1) is 21.5. The molecule has 0 aliphatic rings. The van der Waals surface area contributed by atoms with Crippen molar-refractivity contribution in [3.05, 3.63) is 53.2 Å². The number of carbonyl (C=O) groups excluding carboxylic acids is 2. The minimum Gasteiger partial charge on any atom is -0.464 e. The van der Waals surface area contributed by atoms with Crippen LogP contribution >= 0.6 is 0 Å². The SMILES string of the molecule is CCCCCC(Cc1nc(C(=O)OC)c(C)o1)NC(=O)OCc1ccccc1. The number of rotatable bonds is 10. The van der Waals surface area contributed by atoms with E-state index in [2.05, 4.69) is 17.2 Å². The van der Waals surface area contributed by atoms with Gasteiger partial charge in [-0.05, 0) is 18.9 Å². The third-order valence-electron chi connectivity index (χ3n) is 4.33. The van der Waals surface area contributed by atoms with Gasteiger partial charge < -0.3 is 19.2 Å². The summed E-state index contributed by atoms with van der Waals surface area (Å²) in [6, 6.07) is 9.31. The molecule has 1 unspecified atom stereocenters. The Morgan fingerprint density at radius 2 is 1.96 bits per heavy atom. The number of nitrogens with zero attached hydrogens (tertiary/aromatic N) is 1. The number of methoxy groups -OCH3 is 1. The number of oxazole rings is 1. The van der Waals surface area contributed by atoms with Gasteiger partial charge in [0, 0.05) is 12.5 Å². The summed E-state index contributed by atoms with van der Waals surface area (Å²) in [5, 5.41) is 2.89. The van der Waals surface area contributed by atoms with Gasteiger partial charge in [0.05, 0.1) is 7.11 Å². The molecule has 28 heavy (non-hydrogen) atoms. The molecule has 0 saturated heterocycles. The van der Waals surface area contributed by atoms with E-state index in [9.17, 15) is 9.59 Å². The second-order valence-corrected chi connectivity index (χ2v) is 6.61. The number of unbranched alkanes of at least 4 members (excludes halogenated alkanes) is 2. The van der Waals surface area contributed by atoms with E-state index in [1.165, 1.54) is 7.11 Å². The molecule has 1 atom stereocenters. The molecule has 7 nitrogen and oxygen atoms in total. The van der Waals surface area contributed by atoms with Crippen LogP contribution in [0.5, 0.6) is 0 Å². The number of aryl methyl sites for hydroxylation is 1. The van der Waals surface area contributed by atoms with Gasteiger partial charge in [0.2, 0.25) is 0 Å². The molecule has 2 aromatic rings. The number of carbonyl (C=O) groups is 2. The number of benzene rings is 1. The number of hydrogen-bond donors (Lipinski definition) is 1. The molecular formula is C21H28N2O5. The largest absolute Gasteiger partial charge is 0.464 e. The van der Waals surface area contributed by atoms with Crippen LogP contribution in [0.1, 0.15) is 60.3 Å². The van der Waals surface area contributed by atoms with Crippen molar-refractivity contribution in [2.45, 2.75) is 58.6 Å². The Bertz CT molecular complexity index is 757. The minimum absolute atomic E-state index is 0.163. The van der Waals surface area contributed by atoms with Crippen LogP contribution in [-0.4, -0.2) is 30.2 Å². The van der Waals surface area contributed by atoms with E-state index in [-0.39, 0.29) is 18.3 Å². The van der Waals surface area contributed by atoms with Crippen LogP contribution in [0.15, 0.2) is 34.7 Å². The average Bonchev–Trinajstić information content (AvgIpc) is 3.06. The Morgan fingerprint density at radius 1 is 1.21 bits per heavy atom. The maximum Gasteiger partial charge on any atom is 0.407 e. The molecule has 152 valence electrons. The zero-order chi connectivity index (χ0) is 20.4. The quantitative estimate of drug-likeness (QED) is 0.485. The molecule has 0 aliphatic heterocycles. The van der Waals surface area contributed by atoms with Crippen molar-refractivity contribution in [2.24, 2.45) is 0 Å². The van der Waals surface area contributed by atoms with E-state index in [0.29, 0.717) is 18.1 Å². The van der Waals surface area contributed by atoms with Crippen LogP contribution in [0.3, 0.4) is 0 Å². The van der Waals surface area contributed by atoms with Crippen molar-refractivity contribution in [3.8, 4) is 0 Å². The molecule has 1 aromatic carbocycles. The van der Waals surface area contributed by atoms with E-state index >= 15 is 0 Å². The highest BCUT2D eigenvalue weighted by Crippen LogP contribution is 2.15. The molecule has 1 aromatic heterocycles. The molecule has 0 radical (unpaired) electrons. The number of esters is 1. The highest BCUT2D eigenvalue weighted by Gasteiger charge is 2.21. The van der Waals surface area contributed by atoms with Crippen molar-refractivity contribution in [3.63, 3.8) is 0 Å². The van der Waals surface area contributed by atoms with Gasteiger partial charge in [-0.2, -0.15) is 0 Å². The van der Waals surface area contributed by atoms with Crippen LogP contribution < -0.4 is 5.32 Å². The van der Waals surface area contributed by atoms with Crippen molar-refractivity contribution >= 4 is 12.1 Å². The monoisotopic (exact) mass is 388 g/mol. The number of aromatic nitrogens is 1. The minimum atomic E-state index is -0.537. The zero-order valence-corrected chi connectivity index (χ0v) is 16.7. The maximum absolute atomic E-state index is 12.2. The van der Waals surface area contributed by atoms with Gasteiger partial charge in [-0.15, -0.1) is 0 Å².